The van der Waals surface area contributed by atoms with E-state index in [4.69, 9.17) is 10.2 Å². The van der Waals surface area contributed by atoms with E-state index in [0.29, 0.717) is 24.4 Å². The number of nitrogens with zero attached hydrogens (tertiary/aromatic N) is 1. The van der Waals surface area contributed by atoms with Gasteiger partial charge in [0, 0.05) is 12.1 Å². The normalized spacial score (nSPS) is 11.9. The van der Waals surface area contributed by atoms with Crippen molar-refractivity contribution in [1.29, 1.82) is 0 Å². The van der Waals surface area contributed by atoms with E-state index in [1.807, 2.05) is 61.5 Å². The fourth-order valence-corrected chi connectivity index (χ4v) is 2.76. The lowest BCUT2D eigenvalue weighted by Gasteiger charge is -2.16. The number of rotatable bonds is 7. The van der Waals surface area contributed by atoms with Crippen LogP contribution in [-0.2, 0) is 24.1 Å². The van der Waals surface area contributed by atoms with Crippen LogP contribution in [0.5, 0.6) is 0 Å². The molecule has 1 atom stereocenters. The zero-order valence-electron chi connectivity index (χ0n) is 14.8. The summed E-state index contributed by atoms with van der Waals surface area (Å²) in [5, 5.41) is 3.06. The van der Waals surface area contributed by atoms with E-state index in [0.717, 1.165) is 23.2 Å². The molecule has 3 rings (SSSR count). The molecule has 2 aromatic carbocycles. The van der Waals surface area contributed by atoms with Crippen molar-refractivity contribution in [2.45, 2.75) is 32.2 Å². The van der Waals surface area contributed by atoms with Crippen LogP contribution < -0.4 is 11.1 Å². The second kappa shape index (κ2) is 8.34. The smallest absolute Gasteiger partial charge is 0.225 e. The summed E-state index contributed by atoms with van der Waals surface area (Å²) < 4.78 is 5.61. The van der Waals surface area contributed by atoms with Crippen LogP contribution in [0.2, 0.25) is 0 Å². The maximum absolute atomic E-state index is 12.5. The van der Waals surface area contributed by atoms with Crippen LogP contribution in [0.3, 0.4) is 0 Å². The molecule has 134 valence electrons. The van der Waals surface area contributed by atoms with E-state index in [1.165, 1.54) is 0 Å². The van der Waals surface area contributed by atoms with Gasteiger partial charge in [0.2, 0.25) is 11.8 Å². The highest BCUT2D eigenvalue weighted by molar-refractivity contribution is 5.78. The third kappa shape index (κ3) is 4.72. The van der Waals surface area contributed by atoms with Gasteiger partial charge in [0.05, 0.1) is 12.1 Å². The predicted octanol–water partition coefficient (Wildman–Crippen LogP) is 3.46. The van der Waals surface area contributed by atoms with E-state index < -0.39 is 0 Å². The van der Waals surface area contributed by atoms with Gasteiger partial charge < -0.3 is 15.5 Å². The predicted molar refractivity (Wildman–Crippen MR) is 101 cm³/mol. The number of hydrogen-bond donors (Lipinski definition) is 2. The van der Waals surface area contributed by atoms with Crippen LogP contribution in [0.4, 0.5) is 5.69 Å². The Morgan fingerprint density at radius 2 is 1.85 bits per heavy atom. The molecule has 0 saturated heterocycles. The Morgan fingerprint density at radius 3 is 2.50 bits per heavy atom. The number of nitrogens with one attached hydrogen (secondary N) is 1. The Balaban J connectivity index is 1.75. The molecule has 1 unspecified atom stereocenters. The summed E-state index contributed by atoms with van der Waals surface area (Å²) in [7, 11) is 0. The number of aryl methyl sites for hydroxylation is 1. The average Bonchev–Trinajstić information content (AvgIpc) is 3.13. The van der Waals surface area contributed by atoms with Gasteiger partial charge in [-0.3, -0.25) is 4.79 Å². The first-order chi connectivity index (χ1) is 12.6. The molecular weight excluding hydrogens is 326 g/mol. The minimum atomic E-state index is -0.324. The first-order valence-corrected chi connectivity index (χ1v) is 8.76. The van der Waals surface area contributed by atoms with Crippen molar-refractivity contribution in [3.63, 3.8) is 0 Å². The lowest BCUT2D eigenvalue weighted by Crippen LogP contribution is -2.31. The summed E-state index contributed by atoms with van der Waals surface area (Å²) in [5.74, 6) is 0.466. The zero-order chi connectivity index (χ0) is 18.4. The largest absolute Gasteiger partial charge is 0.446 e. The number of anilines is 1. The first kappa shape index (κ1) is 17.7. The lowest BCUT2D eigenvalue weighted by atomic mass is 10.0. The van der Waals surface area contributed by atoms with Crippen LogP contribution >= 0.6 is 0 Å². The molecule has 3 aromatic rings. The van der Waals surface area contributed by atoms with Gasteiger partial charge in [0.15, 0.2) is 0 Å². The average molecular weight is 349 g/mol. The molecule has 0 aliphatic carbocycles. The van der Waals surface area contributed by atoms with E-state index in [9.17, 15) is 4.79 Å². The van der Waals surface area contributed by atoms with E-state index in [-0.39, 0.29) is 11.9 Å². The van der Waals surface area contributed by atoms with Gasteiger partial charge in [-0.1, -0.05) is 49.4 Å². The fourth-order valence-electron chi connectivity index (χ4n) is 2.76. The van der Waals surface area contributed by atoms with Gasteiger partial charge in [0.25, 0.3) is 0 Å². The molecule has 1 heterocycles. The van der Waals surface area contributed by atoms with Crippen molar-refractivity contribution in [3.05, 3.63) is 83.6 Å². The molecule has 26 heavy (non-hydrogen) atoms. The van der Waals surface area contributed by atoms with Gasteiger partial charge in [-0.25, -0.2) is 4.98 Å². The fraction of sp³-hybridized carbons (Fsp3) is 0.238. The summed E-state index contributed by atoms with van der Waals surface area (Å²) in [6, 6.07) is 17.0. The quantitative estimate of drug-likeness (QED) is 0.640. The minimum absolute atomic E-state index is 0.0621. The standard InChI is InChI=1S/C21H23N3O2/c1-2-18-14-26-21(23-18)19(12-16-8-10-17(22)11-9-16)24-20(25)13-15-6-4-3-5-7-15/h3-11,14,19H,2,12-13,22H2,1H3,(H,24,25). The summed E-state index contributed by atoms with van der Waals surface area (Å²) in [6.45, 7) is 2.02. The van der Waals surface area contributed by atoms with Crippen molar-refractivity contribution >= 4 is 11.6 Å². The molecule has 0 bridgehead atoms. The molecule has 0 saturated carbocycles. The number of nitrogens with two attached hydrogens (primary N) is 1. The Morgan fingerprint density at radius 1 is 1.12 bits per heavy atom. The number of nitrogen functional groups attached to an aromatic ring is 1. The third-order valence-corrected chi connectivity index (χ3v) is 4.19. The van der Waals surface area contributed by atoms with E-state index in [1.54, 1.807) is 6.26 Å². The molecular formula is C21H23N3O2. The maximum Gasteiger partial charge on any atom is 0.225 e. The van der Waals surface area contributed by atoms with Gasteiger partial charge in [-0.2, -0.15) is 0 Å². The monoisotopic (exact) mass is 349 g/mol. The highest BCUT2D eigenvalue weighted by Crippen LogP contribution is 2.20. The Kier molecular flexibility index (Phi) is 5.69. The van der Waals surface area contributed by atoms with Crippen molar-refractivity contribution in [1.82, 2.24) is 10.3 Å². The molecule has 3 N–H and O–H groups in total. The van der Waals surface area contributed by atoms with Gasteiger partial charge in [-0.15, -0.1) is 0 Å². The summed E-state index contributed by atoms with van der Waals surface area (Å²) in [4.78, 5) is 17.0. The zero-order valence-corrected chi connectivity index (χ0v) is 14.8. The molecule has 0 aliphatic heterocycles. The summed E-state index contributed by atoms with van der Waals surface area (Å²) >= 11 is 0. The molecule has 0 spiro atoms. The van der Waals surface area contributed by atoms with Crippen molar-refractivity contribution in [2.75, 3.05) is 5.73 Å². The summed E-state index contributed by atoms with van der Waals surface area (Å²) in [5.41, 5.74) is 9.37. The minimum Gasteiger partial charge on any atom is -0.446 e. The Labute approximate surface area is 153 Å². The second-order valence-corrected chi connectivity index (χ2v) is 6.26. The number of carbonyl (C=O) groups is 1. The van der Waals surface area contributed by atoms with Crippen molar-refractivity contribution in [3.8, 4) is 0 Å². The van der Waals surface area contributed by atoms with Crippen LogP contribution in [0, 0.1) is 0 Å². The Bertz CT molecular complexity index is 841. The summed E-state index contributed by atoms with van der Waals surface area (Å²) in [6.07, 6.45) is 3.34. The number of hydrogen-bond acceptors (Lipinski definition) is 4. The number of benzene rings is 2. The molecule has 1 aromatic heterocycles. The molecule has 0 fully saturated rings. The van der Waals surface area contributed by atoms with Crippen LogP contribution in [0.1, 0.15) is 35.7 Å². The topological polar surface area (TPSA) is 81.1 Å². The highest BCUT2D eigenvalue weighted by Gasteiger charge is 2.20. The van der Waals surface area contributed by atoms with Gasteiger partial charge in [-0.05, 0) is 29.7 Å². The molecule has 0 aliphatic rings. The van der Waals surface area contributed by atoms with E-state index in [2.05, 4.69) is 10.3 Å². The number of aromatic nitrogens is 1. The SMILES string of the molecule is CCc1coc(C(Cc2ccc(N)cc2)NC(=O)Cc2ccccc2)n1. The number of carbonyl (C=O) groups excluding carboxylic acids is 1. The van der Waals surface area contributed by atoms with Gasteiger partial charge >= 0.3 is 0 Å². The molecule has 1 amide bonds. The van der Waals surface area contributed by atoms with Crippen LogP contribution in [0.25, 0.3) is 0 Å². The van der Waals surface area contributed by atoms with Gasteiger partial charge in [0.1, 0.15) is 12.3 Å². The highest BCUT2D eigenvalue weighted by atomic mass is 16.3. The maximum atomic E-state index is 12.5. The third-order valence-electron chi connectivity index (χ3n) is 4.19. The first-order valence-electron chi connectivity index (χ1n) is 8.76. The molecule has 5 nitrogen and oxygen atoms in total. The van der Waals surface area contributed by atoms with Crippen molar-refractivity contribution in [2.24, 2.45) is 0 Å². The van der Waals surface area contributed by atoms with E-state index >= 15 is 0 Å². The molecule has 5 heteroatoms. The van der Waals surface area contributed by atoms with Crippen LogP contribution in [0.15, 0.2) is 65.3 Å². The lowest BCUT2D eigenvalue weighted by molar-refractivity contribution is -0.121. The number of oxazole rings is 1. The molecule has 0 radical (unpaired) electrons. The Hall–Kier alpha value is -3.08. The second-order valence-electron chi connectivity index (χ2n) is 6.26. The number of amides is 1. The van der Waals surface area contributed by atoms with Crippen LogP contribution in [-0.4, -0.2) is 10.9 Å². The van der Waals surface area contributed by atoms with Crippen molar-refractivity contribution < 1.29 is 9.21 Å².